The molecule has 1 saturated heterocycles. The van der Waals surface area contributed by atoms with Crippen molar-refractivity contribution in [1.29, 1.82) is 0 Å². The van der Waals surface area contributed by atoms with Gasteiger partial charge in [-0.05, 0) is 63.9 Å². The van der Waals surface area contributed by atoms with Crippen LogP contribution in [0.15, 0.2) is 24.3 Å². The number of piperidine rings is 1. The fourth-order valence-electron chi connectivity index (χ4n) is 2.82. The lowest BCUT2D eigenvalue weighted by Crippen LogP contribution is -2.33. The lowest BCUT2D eigenvalue weighted by molar-refractivity contribution is 0.0773. The summed E-state index contributed by atoms with van der Waals surface area (Å²) in [5.41, 5.74) is 1.81. The molecule has 1 atom stereocenters. The Morgan fingerprint density at radius 2 is 2.19 bits per heavy atom. The smallest absolute Gasteiger partial charge is 0.253 e. The molecular formula is C17H27N3O. The fraction of sp³-hybridized carbons (Fsp3) is 0.588. The monoisotopic (exact) mass is 289 g/mol. The van der Waals surface area contributed by atoms with Crippen molar-refractivity contribution in [3.8, 4) is 0 Å². The van der Waals surface area contributed by atoms with Crippen molar-refractivity contribution in [2.24, 2.45) is 5.92 Å². The molecular weight excluding hydrogens is 262 g/mol. The number of amides is 1. The van der Waals surface area contributed by atoms with E-state index in [0.29, 0.717) is 5.92 Å². The summed E-state index contributed by atoms with van der Waals surface area (Å²) in [6, 6.07) is 7.86. The average molecular weight is 289 g/mol. The van der Waals surface area contributed by atoms with Crippen LogP contribution in [-0.4, -0.2) is 43.5 Å². The first-order valence-corrected chi connectivity index (χ1v) is 8.08. The van der Waals surface area contributed by atoms with Gasteiger partial charge in [0.2, 0.25) is 0 Å². The minimum atomic E-state index is 0.114. The average Bonchev–Trinajstić information content (AvgIpc) is 2.55. The van der Waals surface area contributed by atoms with Gasteiger partial charge in [-0.1, -0.05) is 6.07 Å². The second-order valence-electron chi connectivity index (χ2n) is 5.65. The topological polar surface area (TPSA) is 44.4 Å². The van der Waals surface area contributed by atoms with Gasteiger partial charge in [0.25, 0.3) is 5.91 Å². The van der Waals surface area contributed by atoms with Crippen LogP contribution in [0.4, 0.5) is 5.69 Å². The number of nitrogens with zero attached hydrogens (tertiary/aromatic N) is 1. The fourth-order valence-corrected chi connectivity index (χ4v) is 2.82. The Morgan fingerprint density at radius 3 is 2.86 bits per heavy atom. The molecule has 2 rings (SSSR count). The van der Waals surface area contributed by atoms with Crippen molar-refractivity contribution < 1.29 is 4.79 Å². The van der Waals surface area contributed by atoms with E-state index in [1.165, 1.54) is 12.8 Å². The van der Waals surface area contributed by atoms with Crippen LogP contribution in [0.2, 0.25) is 0 Å². The molecule has 1 aromatic carbocycles. The summed E-state index contributed by atoms with van der Waals surface area (Å²) in [6.07, 6.45) is 2.53. The van der Waals surface area contributed by atoms with E-state index in [1.807, 2.05) is 43.0 Å². The molecule has 1 amide bonds. The Morgan fingerprint density at radius 1 is 1.38 bits per heavy atom. The van der Waals surface area contributed by atoms with E-state index >= 15 is 0 Å². The van der Waals surface area contributed by atoms with Gasteiger partial charge in [0.1, 0.15) is 0 Å². The number of carbonyl (C=O) groups excluding carboxylic acids is 1. The summed E-state index contributed by atoms with van der Waals surface area (Å²) in [7, 11) is 0. The van der Waals surface area contributed by atoms with Gasteiger partial charge in [-0.15, -0.1) is 0 Å². The van der Waals surface area contributed by atoms with Gasteiger partial charge in [0.15, 0.2) is 0 Å². The van der Waals surface area contributed by atoms with Gasteiger partial charge >= 0.3 is 0 Å². The zero-order valence-corrected chi connectivity index (χ0v) is 13.2. The van der Waals surface area contributed by atoms with E-state index in [2.05, 4.69) is 10.6 Å². The minimum Gasteiger partial charge on any atom is -0.385 e. The highest BCUT2D eigenvalue weighted by molar-refractivity contribution is 5.95. The highest BCUT2D eigenvalue weighted by Crippen LogP contribution is 2.15. The van der Waals surface area contributed by atoms with Crippen LogP contribution < -0.4 is 10.6 Å². The molecule has 0 aromatic heterocycles. The van der Waals surface area contributed by atoms with E-state index in [4.69, 9.17) is 0 Å². The predicted molar refractivity (Wildman–Crippen MR) is 87.8 cm³/mol. The van der Waals surface area contributed by atoms with Crippen molar-refractivity contribution in [1.82, 2.24) is 10.2 Å². The Hall–Kier alpha value is -1.55. The number of nitrogens with one attached hydrogen (secondary N) is 2. The molecule has 116 valence electrons. The maximum atomic E-state index is 12.4. The molecule has 4 nitrogen and oxygen atoms in total. The molecule has 1 aliphatic rings. The molecule has 0 aliphatic carbocycles. The van der Waals surface area contributed by atoms with Crippen molar-refractivity contribution in [2.45, 2.75) is 26.7 Å². The number of benzene rings is 1. The number of carbonyl (C=O) groups is 1. The third kappa shape index (κ3) is 4.46. The van der Waals surface area contributed by atoms with Gasteiger partial charge in [-0.25, -0.2) is 0 Å². The lowest BCUT2D eigenvalue weighted by atomic mass is 9.99. The maximum Gasteiger partial charge on any atom is 0.253 e. The zero-order chi connectivity index (χ0) is 15.1. The summed E-state index contributed by atoms with van der Waals surface area (Å²) in [6.45, 7) is 8.73. The van der Waals surface area contributed by atoms with E-state index in [1.54, 1.807) is 0 Å². The summed E-state index contributed by atoms with van der Waals surface area (Å²) in [4.78, 5) is 14.2. The number of hydrogen-bond donors (Lipinski definition) is 2. The van der Waals surface area contributed by atoms with Crippen LogP contribution in [0.5, 0.6) is 0 Å². The van der Waals surface area contributed by atoms with Gasteiger partial charge in [-0.2, -0.15) is 0 Å². The molecule has 1 unspecified atom stereocenters. The summed E-state index contributed by atoms with van der Waals surface area (Å²) >= 11 is 0. The van der Waals surface area contributed by atoms with Gasteiger partial charge in [0.05, 0.1) is 0 Å². The molecule has 1 fully saturated rings. The molecule has 2 N–H and O–H groups in total. The first kappa shape index (κ1) is 15.8. The molecule has 0 radical (unpaired) electrons. The normalized spacial score (nSPS) is 18.3. The first-order chi connectivity index (χ1) is 10.2. The first-order valence-electron chi connectivity index (χ1n) is 8.08. The van der Waals surface area contributed by atoms with Crippen LogP contribution in [0, 0.1) is 5.92 Å². The van der Waals surface area contributed by atoms with Crippen LogP contribution in [0.25, 0.3) is 0 Å². The van der Waals surface area contributed by atoms with E-state index in [9.17, 15) is 4.79 Å². The molecule has 0 spiro atoms. The second kappa shape index (κ2) is 8.03. The molecule has 1 heterocycles. The zero-order valence-electron chi connectivity index (χ0n) is 13.2. The minimum absolute atomic E-state index is 0.114. The Kier molecular flexibility index (Phi) is 6.05. The number of hydrogen-bond acceptors (Lipinski definition) is 3. The lowest BCUT2D eigenvalue weighted by Gasteiger charge is -2.23. The van der Waals surface area contributed by atoms with Crippen molar-refractivity contribution in [3.05, 3.63) is 29.8 Å². The summed E-state index contributed by atoms with van der Waals surface area (Å²) < 4.78 is 0. The number of rotatable bonds is 6. The molecule has 0 bridgehead atoms. The molecule has 1 aromatic rings. The molecule has 21 heavy (non-hydrogen) atoms. The van der Waals surface area contributed by atoms with Crippen molar-refractivity contribution in [3.63, 3.8) is 0 Å². The van der Waals surface area contributed by atoms with Crippen LogP contribution in [0.1, 0.15) is 37.0 Å². The maximum absolute atomic E-state index is 12.4. The quantitative estimate of drug-likeness (QED) is 0.846. The molecule has 4 heteroatoms. The predicted octanol–water partition coefficient (Wildman–Crippen LogP) is 2.58. The molecule has 1 aliphatic heterocycles. The Balaban J connectivity index is 1.95. The van der Waals surface area contributed by atoms with E-state index < -0.39 is 0 Å². The van der Waals surface area contributed by atoms with Crippen LogP contribution in [0.3, 0.4) is 0 Å². The third-order valence-electron chi connectivity index (χ3n) is 4.15. The summed E-state index contributed by atoms with van der Waals surface area (Å²) in [5, 5.41) is 6.90. The largest absolute Gasteiger partial charge is 0.385 e. The van der Waals surface area contributed by atoms with Gasteiger partial charge < -0.3 is 15.5 Å². The standard InChI is InChI=1S/C17H27N3O/c1-3-20(4-2)17(21)15-8-5-9-16(11-15)19-13-14-7-6-10-18-12-14/h5,8-9,11,14,18-19H,3-4,6-7,10,12-13H2,1-2H3. The highest BCUT2D eigenvalue weighted by atomic mass is 16.2. The molecule has 0 saturated carbocycles. The van der Waals surface area contributed by atoms with E-state index in [-0.39, 0.29) is 5.91 Å². The second-order valence-corrected chi connectivity index (χ2v) is 5.65. The summed E-state index contributed by atoms with van der Waals surface area (Å²) in [5.74, 6) is 0.795. The SMILES string of the molecule is CCN(CC)C(=O)c1cccc(NCC2CCCNC2)c1. The number of anilines is 1. The third-order valence-corrected chi connectivity index (χ3v) is 4.15. The van der Waals surface area contributed by atoms with Crippen molar-refractivity contribution >= 4 is 11.6 Å². The van der Waals surface area contributed by atoms with Crippen LogP contribution in [-0.2, 0) is 0 Å². The van der Waals surface area contributed by atoms with Gasteiger partial charge in [0, 0.05) is 30.9 Å². The van der Waals surface area contributed by atoms with E-state index in [0.717, 1.165) is 44.0 Å². The Bertz CT molecular complexity index is 451. The Labute approximate surface area is 127 Å². The van der Waals surface area contributed by atoms with Gasteiger partial charge in [-0.3, -0.25) is 4.79 Å². The van der Waals surface area contributed by atoms with Crippen molar-refractivity contribution in [2.75, 3.05) is 38.0 Å². The highest BCUT2D eigenvalue weighted by Gasteiger charge is 2.14. The van der Waals surface area contributed by atoms with Crippen LogP contribution >= 0.6 is 0 Å².